The molecule has 0 atom stereocenters. The summed E-state index contributed by atoms with van der Waals surface area (Å²) in [4.78, 5) is 0. The van der Waals surface area contributed by atoms with Gasteiger partial charge in [-0.3, -0.25) is 0 Å². The molecule has 0 nitrogen and oxygen atoms in total. The van der Waals surface area contributed by atoms with E-state index in [-0.39, 0.29) is 0 Å². The summed E-state index contributed by atoms with van der Waals surface area (Å²) in [6.45, 7) is 4.51. The fraction of sp³-hybridized carbons (Fsp3) is 0.600. The van der Waals surface area contributed by atoms with Crippen molar-refractivity contribution in [2.45, 2.75) is 52.4 Å². The van der Waals surface area contributed by atoms with Gasteiger partial charge in [-0.05, 0) is 42.9 Å². The highest BCUT2D eigenvalue weighted by Crippen LogP contribution is 2.28. The summed E-state index contributed by atoms with van der Waals surface area (Å²) in [5.74, 6) is 0.957. The van der Waals surface area contributed by atoms with Crippen molar-refractivity contribution >= 4 is 0 Å². The van der Waals surface area contributed by atoms with Crippen molar-refractivity contribution in [1.29, 1.82) is 0 Å². The first-order valence-corrected chi connectivity index (χ1v) is 6.32. The van der Waals surface area contributed by atoms with E-state index in [1.807, 2.05) is 0 Å². The molecule has 1 saturated carbocycles. The zero-order valence-electron chi connectivity index (χ0n) is 10.1. The Hall–Kier alpha value is -0.780. The molecular formula is C15H22. The SMILES string of the molecule is Cc1cccc(C)c1CC1CCCCC1. The lowest BCUT2D eigenvalue weighted by Crippen LogP contribution is -2.10. The van der Waals surface area contributed by atoms with Crippen LogP contribution in [0.15, 0.2) is 18.2 Å². The monoisotopic (exact) mass is 202 g/mol. The van der Waals surface area contributed by atoms with E-state index >= 15 is 0 Å². The fourth-order valence-corrected chi connectivity index (χ4v) is 2.85. The van der Waals surface area contributed by atoms with E-state index in [1.165, 1.54) is 49.7 Å². The smallest absolute Gasteiger partial charge is 0.0245 e. The van der Waals surface area contributed by atoms with Gasteiger partial charge in [-0.2, -0.15) is 0 Å². The lowest BCUT2D eigenvalue weighted by atomic mass is 9.83. The van der Waals surface area contributed by atoms with Crippen LogP contribution in [0.3, 0.4) is 0 Å². The highest BCUT2D eigenvalue weighted by atomic mass is 14.2. The van der Waals surface area contributed by atoms with Gasteiger partial charge >= 0.3 is 0 Å². The third-order valence-corrected chi connectivity index (χ3v) is 3.86. The summed E-state index contributed by atoms with van der Waals surface area (Å²) < 4.78 is 0. The molecule has 15 heavy (non-hydrogen) atoms. The molecule has 1 aliphatic rings. The summed E-state index contributed by atoms with van der Waals surface area (Å²) in [6.07, 6.45) is 8.59. The minimum Gasteiger partial charge on any atom is -0.0617 e. The van der Waals surface area contributed by atoms with E-state index in [4.69, 9.17) is 0 Å². The summed E-state index contributed by atoms with van der Waals surface area (Å²) in [7, 11) is 0. The first-order valence-electron chi connectivity index (χ1n) is 6.32. The van der Waals surface area contributed by atoms with Crippen LogP contribution in [0, 0.1) is 19.8 Å². The predicted octanol–water partition coefficient (Wildman–Crippen LogP) is 4.43. The van der Waals surface area contributed by atoms with Gasteiger partial charge in [-0.1, -0.05) is 50.3 Å². The van der Waals surface area contributed by atoms with E-state index < -0.39 is 0 Å². The molecular weight excluding hydrogens is 180 g/mol. The minimum atomic E-state index is 0.957. The van der Waals surface area contributed by atoms with Gasteiger partial charge in [0.15, 0.2) is 0 Å². The van der Waals surface area contributed by atoms with Crippen LogP contribution in [0.1, 0.15) is 48.8 Å². The molecule has 2 rings (SSSR count). The molecule has 0 unspecified atom stereocenters. The average molecular weight is 202 g/mol. The lowest BCUT2D eigenvalue weighted by Gasteiger charge is -2.23. The predicted molar refractivity (Wildman–Crippen MR) is 66.2 cm³/mol. The van der Waals surface area contributed by atoms with Gasteiger partial charge in [0, 0.05) is 0 Å². The molecule has 1 aromatic rings. The summed E-state index contributed by atoms with van der Waals surface area (Å²) in [5, 5.41) is 0. The van der Waals surface area contributed by atoms with Crippen LogP contribution in [0.4, 0.5) is 0 Å². The van der Waals surface area contributed by atoms with E-state index in [2.05, 4.69) is 32.0 Å². The number of benzene rings is 1. The maximum atomic E-state index is 2.26. The van der Waals surface area contributed by atoms with Crippen molar-refractivity contribution in [1.82, 2.24) is 0 Å². The molecule has 0 spiro atoms. The second-order valence-electron chi connectivity index (χ2n) is 5.08. The Morgan fingerprint density at radius 1 is 1.00 bits per heavy atom. The second-order valence-corrected chi connectivity index (χ2v) is 5.08. The summed E-state index contributed by atoms with van der Waals surface area (Å²) in [6, 6.07) is 6.69. The molecule has 0 N–H and O–H groups in total. The maximum absolute atomic E-state index is 2.26. The van der Waals surface area contributed by atoms with Crippen LogP contribution >= 0.6 is 0 Å². The van der Waals surface area contributed by atoms with Crippen molar-refractivity contribution in [2.75, 3.05) is 0 Å². The van der Waals surface area contributed by atoms with Crippen LogP contribution in [0.2, 0.25) is 0 Å². The van der Waals surface area contributed by atoms with E-state index in [9.17, 15) is 0 Å². The quantitative estimate of drug-likeness (QED) is 0.665. The maximum Gasteiger partial charge on any atom is -0.0245 e. The first-order chi connectivity index (χ1) is 7.27. The standard InChI is InChI=1S/C15H22/c1-12-7-6-8-13(2)15(12)11-14-9-4-3-5-10-14/h6-8,14H,3-5,9-11H2,1-2H3. The van der Waals surface area contributed by atoms with Crippen LogP contribution in [-0.2, 0) is 6.42 Å². The van der Waals surface area contributed by atoms with Gasteiger partial charge in [-0.15, -0.1) is 0 Å². The number of hydrogen-bond acceptors (Lipinski definition) is 0. The molecule has 0 amide bonds. The number of aryl methyl sites for hydroxylation is 2. The molecule has 0 bridgehead atoms. The molecule has 0 aromatic heterocycles. The van der Waals surface area contributed by atoms with Crippen LogP contribution in [-0.4, -0.2) is 0 Å². The lowest BCUT2D eigenvalue weighted by molar-refractivity contribution is 0.356. The fourth-order valence-electron chi connectivity index (χ4n) is 2.85. The van der Waals surface area contributed by atoms with E-state index in [1.54, 1.807) is 5.56 Å². The van der Waals surface area contributed by atoms with Gasteiger partial charge in [-0.25, -0.2) is 0 Å². The zero-order chi connectivity index (χ0) is 10.7. The van der Waals surface area contributed by atoms with Crippen molar-refractivity contribution in [3.05, 3.63) is 34.9 Å². The van der Waals surface area contributed by atoms with Crippen LogP contribution in [0.25, 0.3) is 0 Å². The van der Waals surface area contributed by atoms with Crippen molar-refractivity contribution in [3.63, 3.8) is 0 Å². The normalized spacial score (nSPS) is 18.0. The minimum absolute atomic E-state index is 0.957. The van der Waals surface area contributed by atoms with Crippen LogP contribution in [0.5, 0.6) is 0 Å². The first kappa shape index (κ1) is 10.7. The highest BCUT2D eigenvalue weighted by molar-refractivity contribution is 5.33. The van der Waals surface area contributed by atoms with Gasteiger partial charge in [0.1, 0.15) is 0 Å². The molecule has 82 valence electrons. The summed E-state index contributed by atoms with van der Waals surface area (Å²) >= 11 is 0. The molecule has 0 saturated heterocycles. The van der Waals surface area contributed by atoms with Gasteiger partial charge < -0.3 is 0 Å². The number of hydrogen-bond donors (Lipinski definition) is 0. The molecule has 1 aliphatic carbocycles. The van der Waals surface area contributed by atoms with Crippen molar-refractivity contribution in [3.8, 4) is 0 Å². The Labute approximate surface area is 93.7 Å². The molecule has 1 fully saturated rings. The van der Waals surface area contributed by atoms with E-state index in [0.717, 1.165) is 5.92 Å². The van der Waals surface area contributed by atoms with Gasteiger partial charge in [0.25, 0.3) is 0 Å². The Morgan fingerprint density at radius 3 is 2.20 bits per heavy atom. The highest BCUT2D eigenvalue weighted by Gasteiger charge is 2.15. The topological polar surface area (TPSA) is 0 Å². The Kier molecular flexibility index (Phi) is 3.45. The molecule has 0 aliphatic heterocycles. The average Bonchev–Trinajstić information content (AvgIpc) is 2.25. The largest absolute Gasteiger partial charge is 0.0617 e. The Balaban J connectivity index is 2.09. The van der Waals surface area contributed by atoms with Crippen LogP contribution < -0.4 is 0 Å². The molecule has 0 heterocycles. The molecule has 0 radical (unpaired) electrons. The Morgan fingerprint density at radius 2 is 1.60 bits per heavy atom. The van der Waals surface area contributed by atoms with Crippen molar-refractivity contribution in [2.24, 2.45) is 5.92 Å². The van der Waals surface area contributed by atoms with E-state index in [0.29, 0.717) is 0 Å². The molecule has 0 heteroatoms. The third kappa shape index (κ3) is 2.62. The second kappa shape index (κ2) is 4.83. The zero-order valence-corrected chi connectivity index (χ0v) is 10.1. The van der Waals surface area contributed by atoms with Crippen molar-refractivity contribution < 1.29 is 0 Å². The summed E-state index contributed by atoms with van der Waals surface area (Å²) in [5.41, 5.74) is 4.59. The van der Waals surface area contributed by atoms with Gasteiger partial charge in [0.2, 0.25) is 0 Å². The Bertz CT molecular complexity index is 299. The molecule has 1 aromatic carbocycles. The van der Waals surface area contributed by atoms with Gasteiger partial charge in [0.05, 0.1) is 0 Å². The number of rotatable bonds is 2. The third-order valence-electron chi connectivity index (χ3n) is 3.86.